The Morgan fingerprint density at radius 2 is 1.88 bits per heavy atom. The minimum absolute atomic E-state index is 0.0602. The van der Waals surface area contributed by atoms with Crippen molar-refractivity contribution in [2.24, 2.45) is 0 Å². The second kappa shape index (κ2) is 12.1. The van der Waals surface area contributed by atoms with Crippen LogP contribution in [0.25, 0.3) is 0 Å². The van der Waals surface area contributed by atoms with E-state index in [1.165, 1.54) is 15.4 Å². The third-order valence-corrected chi connectivity index (χ3v) is 8.50. The van der Waals surface area contributed by atoms with Crippen LogP contribution in [-0.4, -0.2) is 49.7 Å². The van der Waals surface area contributed by atoms with Gasteiger partial charge in [-0.25, -0.2) is 0 Å². The van der Waals surface area contributed by atoms with Crippen molar-refractivity contribution in [1.82, 2.24) is 10.3 Å². The third-order valence-electron chi connectivity index (χ3n) is 7.01. The molecule has 34 heavy (non-hydrogen) atoms. The molecule has 2 saturated heterocycles. The number of carbonyl (C=O) groups excluding carboxylic acids is 1. The number of hydrogen-bond donors (Lipinski definition) is 2. The zero-order valence-electron chi connectivity index (χ0n) is 21.7. The molecule has 2 N–H and O–H groups in total. The fourth-order valence-electron chi connectivity index (χ4n) is 5.29. The SMILES string of the molecule is CCN(c1sc(C2CCNC2)c(C(C)=O)c1C)C1CCOCC1.CCc1c(C)cc(C)[nH]c1=O. The Balaban J connectivity index is 0.000000248. The van der Waals surface area contributed by atoms with Gasteiger partial charge in [-0.05, 0) is 84.0 Å². The molecule has 0 aromatic carbocycles. The summed E-state index contributed by atoms with van der Waals surface area (Å²) in [6.07, 6.45) is 4.12. The second-order valence-corrected chi connectivity index (χ2v) is 10.5. The summed E-state index contributed by atoms with van der Waals surface area (Å²) in [7, 11) is 0. The van der Waals surface area contributed by atoms with E-state index in [1.807, 2.05) is 38.2 Å². The van der Waals surface area contributed by atoms with Crippen molar-refractivity contribution in [3.63, 3.8) is 0 Å². The fourth-order valence-corrected chi connectivity index (χ4v) is 6.91. The molecular formula is C27H41N3O3S. The molecule has 0 bridgehead atoms. The summed E-state index contributed by atoms with van der Waals surface area (Å²) in [4.78, 5) is 30.1. The number of anilines is 1. The Morgan fingerprint density at radius 1 is 1.18 bits per heavy atom. The Kier molecular flexibility index (Phi) is 9.51. The Morgan fingerprint density at radius 3 is 2.41 bits per heavy atom. The predicted molar refractivity (Wildman–Crippen MR) is 142 cm³/mol. The maximum atomic E-state index is 12.3. The number of Topliss-reactive ketones (excluding diaryl/α,β-unsaturated/α-hetero) is 1. The molecule has 0 aliphatic carbocycles. The van der Waals surface area contributed by atoms with Gasteiger partial charge in [-0.2, -0.15) is 0 Å². The van der Waals surface area contributed by atoms with E-state index in [-0.39, 0.29) is 11.3 Å². The average molecular weight is 488 g/mol. The first kappa shape index (κ1) is 26.6. The maximum absolute atomic E-state index is 12.3. The van der Waals surface area contributed by atoms with Crippen LogP contribution in [0.1, 0.15) is 83.6 Å². The molecule has 2 fully saturated rings. The van der Waals surface area contributed by atoms with Gasteiger partial charge in [0.05, 0.1) is 5.00 Å². The van der Waals surface area contributed by atoms with E-state index in [4.69, 9.17) is 4.74 Å². The zero-order chi connectivity index (χ0) is 24.8. The van der Waals surface area contributed by atoms with Gasteiger partial charge >= 0.3 is 0 Å². The van der Waals surface area contributed by atoms with Gasteiger partial charge in [0.25, 0.3) is 5.56 Å². The van der Waals surface area contributed by atoms with Crippen LogP contribution >= 0.6 is 11.3 Å². The molecular weight excluding hydrogens is 446 g/mol. The smallest absolute Gasteiger partial charge is 0.251 e. The largest absolute Gasteiger partial charge is 0.381 e. The first-order chi connectivity index (χ1) is 16.3. The molecule has 6 nitrogen and oxygen atoms in total. The topological polar surface area (TPSA) is 74.4 Å². The van der Waals surface area contributed by atoms with E-state index in [1.54, 1.807) is 6.92 Å². The number of nitrogens with one attached hydrogen (secondary N) is 2. The normalized spacial score (nSPS) is 18.5. The minimum Gasteiger partial charge on any atom is -0.381 e. The zero-order valence-corrected chi connectivity index (χ0v) is 22.5. The van der Waals surface area contributed by atoms with E-state index in [0.717, 1.165) is 80.9 Å². The van der Waals surface area contributed by atoms with Gasteiger partial charge in [0.2, 0.25) is 0 Å². The molecule has 4 rings (SSSR count). The van der Waals surface area contributed by atoms with Gasteiger partial charge in [-0.15, -0.1) is 11.3 Å². The van der Waals surface area contributed by atoms with Gasteiger partial charge in [-0.1, -0.05) is 6.92 Å². The summed E-state index contributed by atoms with van der Waals surface area (Å²) in [5.41, 5.74) is 5.17. The van der Waals surface area contributed by atoms with Crippen LogP contribution in [-0.2, 0) is 11.2 Å². The van der Waals surface area contributed by atoms with Crippen LogP contribution in [0, 0.1) is 20.8 Å². The standard InChI is InChI=1S/C18H28N2O2S.C9H13NO/c1-4-20(15-6-9-22-10-7-15)18-12(2)16(13(3)21)17(23-18)14-5-8-19-11-14;1-4-8-6(2)5-7(3)10-9(8)11/h14-15,19H,4-11H2,1-3H3;5H,4H2,1-3H3,(H,10,11). The van der Waals surface area contributed by atoms with E-state index >= 15 is 0 Å². The van der Waals surface area contributed by atoms with Crippen molar-refractivity contribution in [2.45, 2.75) is 79.2 Å². The van der Waals surface area contributed by atoms with Crippen molar-refractivity contribution in [3.8, 4) is 0 Å². The predicted octanol–water partition coefficient (Wildman–Crippen LogP) is 4.90. The van der Waals surface area contributed by atoms with Crippen LogP contribution in [0.5, 0.6) is 0 Å². The van der Waals surface area contributed by atoms with E-state index in [2.05, 4.69) is 29.0 Å². The Bertz CT molecular complexity index is 1030. The van der Waals surface area contributed by atoms with Crippen LogP contribution in [0.3, 0.4) is 0 Å². The number of ether oxygens (including phenoxy) is 1. The van der Waals surface area contributed by atoms with E-state index < -0.39 is 0 Å². The van der Waals surface area contributed by atoms with Gasteiger partial charge in [-0.3, -0.25) is 9.59 Å². The summed E-state index contributed by atoms with van der Waals surface area (Å²) in [6.45, 7) is 16.7. The highest BCUT2D eigenvalue weighted by Crippen LogP contribution is 2.42. The van der Waals surface area contributed by atoms with E-state index in [0.29, 0.717) is 12.0 Å². The number of hydrogen-bond acceptors (Lipinski definition) is 6. The highest BCUT2D eigenvalue weighted by atomic mass is 32.1. The highest BCUT2D eigenvalue weighted by Gasteiger charge is 2.30. The number of aromatic nitrogens is 1. The van der Waals surface area contributed by atoms with Crippen molar-refractivity contribution in [1.29, 1.82) is 0 Å². The molecule has 7 heteroatoms. The molecule has 2 aliphatic rings. The summed E-state index contributed by atoms with van der Waals surface area (Å²) in [5.74, 6) is 0.717. The van der Waals surface area contributed by atoms with E-state index in [9.17, 15) is 9.59 Å². The van der Waals surface area contributed by atoms with Gasteiger partial charge in [0.15, 0.2) is 5.78 Å². The number of nitrogens with zero attached hydrogens (tertiary/aromatic N) is 1. The summed E-state index contributed by atoms with van der Waals surface area (Å²) in [5, 5.41) is 4.75. The van der Waals surface area contributed by atoms with Crippen molar-refractivity contribution in [2.75, 3.05) is 37.7 Å². The number of pyridine rings is 1. The lowest BCUT2D eigenvalue weighted by Crippen LogP contribution is -2.39. The summed E-state index contributed by atoms with van der Waals surface area (Å²) < 4.78 is 5.52. The molecule has 0 spiro atoms. The van der Waals surface area contributed by atoms with Crippen LogP contribution < -0.4 is 15.8 Å². The number of aromatic amines is 1. The molecule has 4 heterocycles. The summed E-state index contributed by atoms with van der Waals surface area (Å²) >= 11 is 1.86. The molecule has 0 saturated carbocycles. The highest BCUT2D eigenvalue weighted by molar-refractivity contribution is 7.16. The number of carbonyl (C=O) groups is 1. The van der Waals surface area contributed by atoms with Crippen molar-refractivity contribution in [3.05, 3.63) is 49.2 Å². The third kappa shape index (κ3) is 5.99. The lowest BCUT2D eigenvalue weighted by molar-refractivity contribution is 0.0847. The van der Waals surface area contributed by atoms with Gasteiger partial charge in [0, 0.05) is 60.0 Å². The van der Waals surface area contributed by atoms with Crippen LogP contribution in [0.4, 0.5) is 5.00 Å². The monoisotopic (exact) mass is 487 g/mol. The lowest BCUT2D eigenvalue weighted by Gasteiger charge is -2.35. The Hall–Kier alpha value is -1.96. The lowest BCUT2D eigenvalue weighted by atomic mass is 9.98. The number of rotatable bonds is 6. The van der Waals surface area contributed by atoms with Gasteiger partial charge < -0.3 is 19.9 Å². The summed E-state index contributed by atoms with van der Waals surface area (Å²) in [6, 6.07) is 2.54. The van der Waals surface area contributed by atoms with Crippen LogP contribution in [0.2, 0.25) is 0 Å². The first-order valence-electron chi connectivity index (χ1n) is 12.7. The number of aryl methyl sites for hydroxylation is 2. The molecule has 0 amide bonds. The number of thiophene rings is 1. The quantitative estimate of drug-likeness (QED) is 0.567. The molecule has 188 valence electrons. The number of H-pyrrole nitrogens is 1. The Labute approximate surface area is 208 Å². The maximum Gasteiger partial charge on any atom is 0.251 e. The average Bonchev–Trinajstić information content (AvgIpc) is 3.44. The van der Waals surface area contributed by atoms with Gasteiger partial charge in [0.1, 0.15) is 0 Å². The molecule has 0 radical (unpaired) electrons. The van der Waals surface area contributed by atoms with Crippen molar-refractivity contribution >= 4 is 22.1 Å². The minimum atomic E-state index is 0.0602. The van der Waals surface area contributed by atoms with Crippen molar-refractivity contribution < 1.29 is 9.53 Å². The number of ketones is 1. The molecule has 2 aromatic heterocycles. The fraction of sp³-hybridized carbons (Fsp3) is 0.630. The first-order valence-corrected chi connectivity index (χ1v) is 13.5. The molecule has 2 aliphatic heterocycles. The second-order valence-electron chi connectivity index (χ2n) is 9.44. The molecule has 1 atom stereocenters. The molecule has 2 aromatic rings. The van der Waals surface area contributed by atoms with Crippen LogP contribution in [0.15, 0.2) is 10.9 Å². The molecule has 1 unspecified atom stereocenters.